The van der Waals surface area contributed by atoms with Crippen LogP contribution in [0.3, 0.4) is 0 Å². The summed E-state index contributed by atoms with van der Waals surface area (Å²) in [6.45, 7) is 4.66. The summed E-state index contributed by atoms with van der Waals surface area (Å²) in [5.74, 6) is -0.0376. The maximum Gasteiger partial charge on any atom is 0.262 e. The van der Waals surface area contributed by atoms with Gasteiger partial charge in [-0.1, -0.05) is 0 Å². The van der Waals surface area contributed by atoms with E-state index < -0.39 is 0 Å². The van der Waals surface area contributed by atoms with Gasteiger partial charge in [-0.2, -0.15) is 5.10 Å². The lowest BCUT2D eigenvalue weighted by Crippen LogP contribution is -2.47. The standard InChI is InChI=1S/C6H11N3O/c1-3-9-4-7-8-6(10)5(9)2/h4-5H,3H2,1-2H3,(H,8,10)/t5-/m0/s1. The van der Waals surface area contributed by atoms with E-state index >= 15 is 0 Å². The van der Waals surface area contributed by atoms with Crippen LogP contribution >= 0.6 is 0 Å². The molecule has 56 valence electrons. The zero-order valence-electron chi connectivity index (χ0n) is 6.16. The first kappa shape index (κ1) is 7.05. The molecule has 1 atom stereocenters. The van der Waals surface area contributed by atoms with Crippen LogP contribution in [0.25, 0.3) is 0 Å². The van der Waals surface area contributed by atoms with Crippen LogP contribution in [0.2, 0.25) is 0 Å². The zero-order chi connectivity index (χ0) is 7.56. The molecule has 0 aromatic heterocycles. The predicted molar refractivity (Wildman–Crippen MR) is 38.5 cm³/mol. The Balaban J connectivity index is 2.66. The van der Waals surface area contributed by atoms with Crippen molar-refractivity contribution in [1.82, 2.24) is 10.3 Å². The third kappa shape index (κ3) is 1.10. The topological polar surface area (TPSA) is 44.7 Å². The minimum absolute atomic E-state index is 0.0376. The first-order valence-electron chi connectivity index (χ1n) is 3.34. The summed E-state index contributed by atoms with van der Waals surface area (Å²) in [7, 11) is 0. The van der Waals surface area contributed by atoms with Gasteiger partial charge in [-0.25, -0.2) is 5.43 Å². The van der Waals surface area contributed by atoms with Crippen molar-refractivity contribution in [3.05, 3.63) is 0 Å². The van der Waals surface area contributed by atoms with E-state index in [2.05, 4.69) is 10.5 Å². The van der Waals surface area contributed by atoms with Crippen LogP contribution in [0.5, 0.6) is 0 Å². The molecular weight excluding hydrogens is 130 g/mol. The molecule has 1 N–H and O–H groups in total. The van der Waals surface area contributed by atoms with E-state index in [1.807, 2.05) is 18.7 Å². The molecule has 4 heteroatoms. The summed E-state index contributed by atoms with van der Waals surface area (Å²) in [5.41, 5.74) is 2.38. The molecule has 0 spiro atoms. The maximum atomic E-state index is 10.9. The Hall–Kier alpha value is -1.06. The van der Waals surface area contributed by atoms with Crippen molar-refractivity contribution >= 4 is 12.2 Å². The van der Waals surface area contributed by atoms with Gasteiger partial charge < -0.3 is 4.90 Å². The summed E-state index contributed by atoms with van der Waals surface area (Å²) < 4.78 is 0. The Bertz CT molecular complexity index is 166. The molecule has 0 aromatic rings. The van der Waals surface area contributed by atoms with E-state index in [0.29, 0.717) is 0 Å². The normalized spacial score (nSPS) is 24.8. The van der Waals surface area contributed by atoms with Crippen molar-refractivity contribution in [1.29, 1.82) is 0 Å². The Morgan fingerprint density at radius 2 is 2.60 bits per heavy atom. The number of nitrogens with one attached hydrogen (secondary N) is 1. The fraction of sp³-hybridized carbons (Fsp3) is 0.667. The lowest BCUT2D eigenvalue weighted by Gasteiger charge is -2.26. The Labute approximate surface area is 59.9 Å². The number of carbonyl (C=O) groups is 1. The van der Waals surface area contributed by atoms with Crippen LogP contribution in [-0.2, 0) is 4.79 Å². The van der Waals surface area contributed by atoms with Crippen LogP contribution in [0.4, 0.5) is 0 Å². The van der Waals surface area contributed by atoms with Gasteiger partial charge in [0.2, 0.25) is 0 Å². The first-order valence-corrected chi connectivity index (χ1v) is 3.34. The van der Waals surface area contributed by atoms with Gasteiger partial charge in [-0.05, 0) is 13.8 Å². The molecule has 1 aliphatic rings. The van der Waals surface area contributed by atoms with Gasteiger partial charge >= 0.3 is 0 Å². The van der Waals surface area contributed by atoms with E-state index in [4.69, 9.17) is 0 Å². The molecule has 1 aliphatic heterocycles. The number of hydrogen-bond donors (Lipinski definition) is 1. The Morgan fingerprint density at radius 3 is 3.10 bits per heavy atom. The molecule has 0 bridgehead atoms. The average Bonchev–Trinajstić information content (AvgIpc) is 1.95. The molecule has 0 aromatic carbocycles. The molecule has 4 nitrogen and oxygen atoms in total. The SMILES string of the molecule is CCN1C=NNC(=O)[C@@H]1C. The minimum Gasteiger partial charge on any atom is -0.350 e. The van der Waals surface area contributed by atoms with Crippen molar-refractivity contribution < 1.29 is 4.79 Å². The molecule has 0 fully saturated rings. The van der Waals surface area contributed by atoms with Gasteiger partial charge in [0, 0.05) is 6.54 Å². The Morgan fingerprint density at radius 1 is 1.90 bits per heavy atom. The monoisotopic (exact) mass is 141 g/mol. The number of likely N-dealkylation sites (N-methyl/N-ethyl adjacent to an activating group) is 1. The van der Waals surface area contributed by atoms with Crippen molar-refractivity contribution in [3.63, 3.8) is 0 Å². The van der Waals surface area contributed by atoms with Crippen molar-refractivity contribution in [2.75, 3.05) is 6.54 Å². The highest BCUT2D eigenvalue weighted by molar-refractivity contribution is 5.86. The number of hydrazone groups is 1. The molecule has 0 aliphatic carbocycles. The highest BCUT2D eigenvalue weighted by Gasteiger charge is 2.20. The van der Waals surface area contributed by atoms with Crippen molar-refractivity contribution in [3.8, 4) is 0 Å². The second-order valence-corrected chi connectivity index (χ2v) is 2.23. The molecule has 1 amide bonds. The predicted octanol–water partition coefficient (Wildman–Crippen LogP) is -0.230. The highest BCUT2D eigenvalue weighted by Crippen LogP contribution is 1.98. The molecule has 10 heavy (non-hydrogen) atoms. The smallest absolute Gasteiger partial charge is 0.262 e. The third-order valence-electron chi connectivity index (χ3n) is 1.62. The second-order valence-electron chi connectivity index (χ2n) is 2.23. The molecule has 0 radical (unpaired) electrons. The van der Waals surface area contributed by atoms with Crippen molar-refractivity contribution in [2.45, 2.75) is 19.9 Å². The summed E-state index contributed by atoms with van der Waals surface area (Å²) in [4.78, 5) is 12.8. The first-order chi connectivity index (χ1) is 4.75. The fourth-order valence-electron chi connectivity index (χ4n) is 0.866. The molecule has 1 rings (SSSR count). The molecule has 0 saturated carbocycles. The summed E-state index contributed by atoms with van der Waals surface area (Å²) in [6, 6.07) is -0.0810. The molecule has 1 heterocycles. The van der Waals surface area contributed by atoms with Gasteiger partial charge in [-0.3, -0.25) is 4.79 Å². The Kier molecular flexibility index (Phi) is 1.89. The van der Waals surface area contributed by atoms with Gasteiger partial charge in [0.05, 0.1) is 0 Å². The molecule has 0 saturated heterocycles. The zero-order valence-corrected chi connectivity index (χ0v) is 6.16. The van der Waals surface area contributed by atoms with Crippen LogP contribution in [0.15, 0.2) is 5.10 Å². The average molecular weight is 141 g/mol. The number of amides is 1. The fourth-order valence-corrected chi connectivity index (χ4v) is 0.866. The van der Waals surface area contributed by atoms with Crippen LogP contribution in [0.1, 0.15) is 13.8 Å². The van der Waals surface area contributed by atoms with E-state index in [9.17, 15) is 4.79 Å². The number of hydrogen-bond acceptors (Lipinski definition) is 3. The molecule has 0 unspecified atom stereocenters. The maximum absolute atomic E-state index is 10.9. The van der Waals surface area contributed by atoms with E-state index in [-0.39, 0.29) is 11.9 Å². The van der Waals surface area contributed by atoms with E-state index in [1.165, 1.54) is 0 Å². The summed E-state index contributed by atoms with van der Waals surface area (Å²) >= 11 is 0. The highest BCUT2D eigenvalue weighted by atomic mass is 16.2. The third-order valence-corrected chi connectivity index (χ3v) is 1.62. The number of rotatable bonds is 1. The van der Waals surface area contributed by atoms with Gasteiger partial charge in [-0.15, -0.1) is 0 Å². The van der Waals surface area contributed by atoms with Crippen LogP contribution in [0, 0.1) is 0 Å². The minimum atomic E-state index is -0.0810. The van der Waals surface area contributed by atoms with Gasteiger partial charge in [0.1, 0.15) is 12.4 Å². The van der Waals surface area contributed by atoms with Gasteiger partial charge in [0.15, 0.2) is 0 Å². The van der Waals surface area contributed by atoms with E-state index in [1.54, 1.807) is 6.34 Å². The quantitative estimate of drug-likeness (QED) is 0.548. The lowest BCUT2D eigenvalue weighted by molar-refractivity contribution is -0.125. The number of carbonyl (C=O) groups excluding carboxylic acids is 1. The van der Waals surface area contributed by atoms with Crippen LogP contribution in [-0.4, -0.2) is 29.7 Å². The van der Waals surface area contributed by atoms with Crippen LogP contribution < -0.4 is 5.43 Å². The second kappa shape index (κ2) is 2.68. The van der Waals surface area contributed by atoms with Crippen molar-refractivity contribution in [2.24, 2.45) is 5.10 Å². The lowest BCUT2D eigenvalue weighted by atomic mass is 10.3. The summed E-state index contributed by atoms with van der Waals surface area (Å²) in [6.07, 6.45) is 1.64. The van der Waals surface area contributed by atoms with Gasteiger partial charge in [0.25, 0.3) is 5.91 Å². The number of nitrogens with zero attached hydrogens (tertiary/aromatic N) is 2. The largest absolute Gasteiger partial charge is 0.350 e. The van der Waals surface area contributed by atoms with E-state index in [0.717, 1.165) is 6.54 Å². The molecular formula is C6H11N3O. The summed E-state index contributed by atoms with van der Waals surface area (Å²) in [5, 5.41) is 3.66.